The number of sulfone groups is 1. The van der Waals surface area contributed by atoms with Gasteiger partial charge in [0.05, 0.1) is 4.90 Å². The highest BCUT2D eigenvalue weighted by atomic mass is 127. The van der Waals surface area contributed by atoms with Gasteiger partial charge in [-0.3, -0.25) is 4.99 Å². The molecule has 0 aromatic heterocycles. The van der Waals surface area contributed by atoms with E-state index in [1.54, 1.807) is 19.2 Å². The highest BCUT2D eigenvalue weighted by Gasteiger charge is 2.06. The molecule has 0 heterocycles. The van der Waals surface area contributed by atoms with Crippen LogP contribution in [0.5, 0.6) is 5.75 Å². The van der Waals surface area contributed by atoms with Crippen LogP contribution in [0.1, 0.15) is 11.1 Å². The Morgan fingerprint density at radius 1 is 1.06 bits per heavy atom. The predicted molar refractivity (Wildman–Crippen MR) is 137 cm³/mol. The smallest absolute Gasteiger partial charge is 0.191 e. The number of hydrogen-bond acceptors (Lipinski definition) is 5. The van der Waals surface area contributed by atoms with E-state index in [-0.39, 0.29) is 24.0 Å². The van der Waals surface area contributed by atoms with Crippen LogP contribution in [0.3, 0.4) is 0 Å². The second kappa shape index (κ2) is 13.5. The minimum Gasteiger partial charge on any atom is -0.492 e. The first-order chi connectivity index (χ1) is 14.3. The first-order valence-electron chi connectivity index (χ1n) is 9.88. The fourth-order valence-corrected chi connectivity index (χ4v) is 3.36. The van der Waals surface area contributed by atoms with E-state index in [2.05, 4.69) is 20.5 Å². The van der Waals surface area contributed by atoms with Crippen molar-refractivity contribution < 1.29 is 13.2 Å². The van der Waals surface area contributed by atoms with Gasteiger partial charge in [0, 0.05) is 32.9 Å². The summed E-state index contributed by atoms with van der Waals surface area (Å²) in [4.78, 5) is 6.67. The maximum absolute atomic E-state index is 11.5. The lowest BCUT2D eigenvalue weighted by Gasteiger charge is -2.14. The Kier molecular flexibility index (Phi) is 11.9. The summed E-state index contributed by atoms with van der Waals surface area (Å²) in [6, 6.07) is 15.0. The van der Waals surface area contributed by atoms with Crippen LogP contribution >= 0.6 is 24.0 Å². The Morgan fingerprint density at radius 2 is 1.77 bits per heavy atom. The molecule has 7 nitrogen and oxygen atoms in total. The summed E-state index contributed by atoms with van der Waals surface area (Å²) in [7, 11) is 2.62. The Hall–Kier alpha value is -1.85. The number of guanidine groups is 1. The van der Waals surface area contributed by atoms with Gasteiger partial charge in [-0.05, 0) is 55.9 Å². The average Bonchev–Trinajstić information content (AvgIpc) is 2.70. The van der Waals surface area contributed by atoms with E-state index in [4.69, 9.17) is 4.74 Å². The highest BCUT2D eigenvalue weighted by Crippen LogP contribution is 2.13. The summed E-state index contributed by atoms with van der Waals surface area (Å²) in [6.07, 6.45) is 1.98. The minimum atomic E-state index is -3.16. The van der Waals surface area contributed by atoms with Crippen molar-refractivity contribution in [3.63, 3.8) is 0 Å². The topological polar surface area (TPSA) is 83.0 Å². The van der Waals surface area contributed by atoms with Crippen LogP contribution in [0.2, 0.25) is 0 Å². The third-order valence-electron chi connectivity index (χ3n) is 4.45. The highest BCUT2D eigenvalue weighted by molar-refractivity contribution is 14.0. The molecular formula is C22H33IN4O3S. The fourth-order valence-electron chi connectivity index (χ4n) is 2.73. The van der Waals surface area contributed by atoms with E-state index in [0.29, 0.717) is 30.6 Å². The van der Waals surface area contributed by atoms with Crippen molar-refractivity contribution in [2.24, 2.45) is 4.99 Å². The van der Waals surface area contributed by atoms with Gasteiger partial charge in [0.25, 0.3) is 0 Å². The van der Waals surface area contributed by atoms with E-state index >= 15 is 0 Å². The molecule has 0 aliphatic heterocycles. The van der Waals surface area contributed by atoms with Crippen molar-refractivity contribution in [2.75, 3.05) is 47.1 Å². The SMILES string of the molecule is CN=C(NCCc1ccc(S(C)(=O)=O)cc1)NCc1cccc(OCCN(C)C)c1.I. The molecule has 0 spiro atoms. The third-order valence-corrected chi connectivity index (χ3v) is 5.58. The number of rotatable bonds is 10. The van der Waals surface area contributed by atoms with Gasteiger partial charge < -0.3 is 20.3 Å². The van der Waals surface area contributed by atoms with Gasteiger partial charge in [0.1, 0.15) is 12.4 Å². The molecule has 0 aliphatic rings. The van der Waals surface area contributed by atoms with E-state index in [0.717, 1.165) is 29.8 Å². The van der Waals surface area contributed by atoms with Crippen molar-refractivity contribution in [1.82, 2.24) is 15.5 Å². The third kappa shape index (κ3) is 10.3. The van der Waals surface area contributed by atoms with Crippen molar-refractivity contribution in [2.45, 2.75) is 17.9 Å². The zero-order chi connectivity index (χ0) is 22.0. The number of nitrogens with one attached hydrogen (secondary N) is 2. The summed E-state index contributed by atoms with van der Waals surface area (Å²) in [5, 5.41) is 6.58. The van der Waals surface area contributed by atoms with Crippen molar-refractivity contribution in [3.8, 4) is 5.75 Å². The second-order valence-electron chi connectivity index (χ2n) is 7.32. The lowest BCUT2D eigenvalue weighted by atomic mass is 10.1. The minimum absolute atomic E-state index is 0. The van der Waals surface area contributed by atoms with Crippen molar-refractivity contribution >= 4 is 39.8 Å². The second-order valence-corrected chi connectivity index (χ2v) is 9.33. The average molecular weight is 561 g/mol. The Bertz CT molecular complexity index is 932. The summed E-state index contributed by atoms with van der Waals surface area (Å²) < 4.78 is 28.8. The first kappa shape index (κ1) is 27.2. The molecule has 9 heteroatoms. The van der Waals surface area contributed by atoms with E-state index in [9.17, 15) is 8.42 Å². The van der Waals surface area contributed by atoms with Gasteiger partial charge in [-0.15, -0.1) is 24.0 Å². The van der Waals surface area contributed by atoms with Crippen LogP contribution < -0.4 is 15.4 Å². The van der Waals surface area contributed by atoms with Gasteiger partial charge >= 0.3 is 0 Å². The molecule has 0 radical (unpaired) electrons. The molecule has 0 unspecified atom stereocenters. The van der Waals surface area contributed by atoms with Gasteiger partial charge in [-0.1, -0.05) is 24.3 Å². The molecule has 0 atom stereocenters. The van der Waals surface area contributed by atoms with Crippen LogP contribution in [0.25, 0.3) is 0 Å². The van der Waals surface area contributed by atoms with Crippen LogP contribution in [-0.4, -0.2) is 66.4 Å². The molecule has 0 amide bonds. The van der Waals surface area contributed by atoms with Crippen molar-refractivity contribution in [1.29, 1.82) is 0 Å². The van der Waals surface area contributed by atoms with Crippen LogP contribution in [0, 0.1) is 0 Å². The molecule has 2 N–H and O–H groups in total. The van der Waals surface area contributed by atoms with E-state index < -0.39 is 9.84 Å². The Morgan fingerprint density at radius 3 is 2.39 bits per heavy atom. The molecule has 0 saturated heterocycles. The normalized spacial score (nSPS) is 11.7. The summed E-state index contributed by atoms with van der Waals surface area (Å²) in [5.41, 5.74) is 2.17. The number of likely N-dealkylation sites (N-methyl/N-ethyl adjacent to an activating group) is 1. The van der Waals surface area contributed by atoms with E-state index in [1.807, 2.05) is 50.5 Å². The van der Waals surface area contributed by atoms with Gasteiger partial charge in [0.2, 0.25) is 0 Å². The van der Waals surface area contributed by atoms with Gasteiger partial charge in [-0.2, -0.15) is 0 Å². The molecule has 2 rings (SSSR count). The molecule has 0 bridgehead atoms. The zero-order valence-corrected chi connectivity index (χ0v) is 21.7. The molecule has 0 fully saturated rings. The van der Waals surface area contributed by atoms with E-state index in [1.165, 1.54) is 6.26 Å². The van der Waals surface area contributed by atoms with Crippen molar-refractivity contribution in [3.05, 3.63) is 59.7 Å². The number of nitrogens with zero attached hydrogens (tertiary/aromatic N) is 2. The molecule has 172 valence electrons. The lowest BCUT2D eigenvalue weighted by molar-refractivity contribution is 0.261. The molecule has 0 saturated carbocycles. The first-order valence-corrected chi connectivity index (χ1v) is 11.8. The van der Waals surface area contributed by atoms with Crippen LogP contribution in [0.15, 0.2) is 58.4 Å². The molecular weight excluding hydrogens is 527 g/mol. The number of aliphatic imine (C=N–C) groups is 1. The Balaban J connectivity index is 0.00000480. The number of ether oxygens (including phenoxy) is 1. The largest absolute Gasteiger partial charge is 0.492 e. The monoisotopic (exact) mass is 560 g/mol. The van der Waals surface area contributed by atoms with Gasteiger partial charge in [0.15, 0.2) is 15.8 Å². The van der Waals surface area contributed by atoms with Crippen LogP contribution in [-0.2, 0) is 22.8 Å². The number of hydrogen-bond donors (Lipinski definition) is 2. The predicted octanol–water partition coefficient (Wildman–Crippen LogP) is 2.56. The quantitative estimate of drug-likeness (QED) is 0.264. The molecule has 2 aromatic carbocycles. The maximum Gasteiger partial charge on any atom is 0.191 e. The summed E-state index contributed by atoms with van der Waals surface area (Å²) >= 11 is 0. The maximum atomic E-state index is 11.5. The van der Waals surface area contributed by atoms with Gasteiger partial charge in [-0.25, -0.2) is 8.42 Å². The molecule has 2 aromatic rings. The lowest BCUT2D eigenvalue weighted by Crippen LogP contribution is -2.37. The summed E-state index contributed by atoms with van der Waals surface area (Å²) in [6.45, 7) is 2.84. The number of halogens is 1. The van der Waals surface area contributed by atoms with Crippen LogP contribution in [0.4, 0.5) is 0 Å². The fraction of sp³-hybridized carbons (Fsp3) is 0.409. The molecule has 31 heavy (non-hydrogen) atoms. The Labute approximate surface area is 203 Å². The molecule has 0 aliphatic carbocycles. The summed E-state index contributed by atoms with van der Waals surface area (Å²) in [5.74, 6) is 1.57. The standard InChI is InChI=1S/C22H32N4O3S.HI/c1-23-22(24-13-12-18-8-10-21(11-9-18)30(4,27)28)25-17-19-6-5-7-20(16-19)29-15-14-26(2)3;/h5-11,16H,12-15,17H2,1-4H3,(H2,23,24,25);1H. The zero-order valence-electron chi connectivity index (χ0n) is 18.6. The number of benzene rings is 2.